The first kappa shape index (κ1) is 16.2. The van der Waals surface area contributed by atoms with E-state index in [-0.39, 0.29) is 11.4 Å². The lowest BCUT2D eigenvalue weighted by Crippen LogP contribution is -2.50. The van der Waals surface area contributed by atoms with E-state index in [9.17, 15) is 4.79 Å². The Morgan fingerprint density at radius 3 is 2.62 bits per heavy atom. The van der Waals surface area contributed by atoms with E-state index in [1.54, 1.807) is 7.11 Å². The van der Waals surface area contributed by atoms with Crippen LogP contribution in [0.25, 0.3) is 5.57 Å². The van der Waals surface area contributed by atoms with E-state index >= 15 is 0 Å². The van der Waals surface area contributed by atoms with Gasteiger partial charge in [-0.25, -0.2) is 4.79 Å². The van der Waals surface area contributed by atoms with Gasteiger partial charge in [0.1, 0.15) is 5.75 Å². The van der Waals surface area contributed by atoms with Gasteiger partial charge in [0.25, 0.3) is 0 Å². The number of esters is 1. The normalized spacial score (nSPS) is 27.6. The van der Waals surface area contributed by atoms with Crippen LogP contribution in [0.2, 0.25) is 0 Å². The molecular weight excluding hydrogens is 370 g/mol. The summed E-state index contributed by atoms with van der Waals surface area (Å²) in [5.74, 6) is 0.540. The van der Waals surface area contributed by atoms with Crippen molar-refractivity contribution in [2.24, 2.45) is 5.41 Å². The summed E-state index contributed by atoms with van der Waals surface area (Å²) in [5, 5.41) is 0. The standard InChI is InChI=1S/C19H22BrNO3/c1-23-15-5-3-13-2-4-14(16(13)17(15)20)18(22)24-12-19-6-9-21(10-7-19)11-8-19/h3-5H,2,6-12H2,1H3. The molecule has 0 aromatic heterocycles. The van der Waals surface area contributed by atoms with Gasteiger partial charge in [-0.2, -0.15) is 0 Å². The van der Waals surface area contributed by atoms with E-state index in [1.165, 1.54) is 0 Å². The van der Waals surface area contributed by atoms with Crippen molar-refractivity contribution in [1.29, 1.82) is 0 Å². The van der Waals surface area contributed by atoms with Gasteiger partial charge in [-0.05, 0) is 72.9 Å². The predicted octanol–water partition coefficient (Wildman–Crippen LogP) is 3.43. The van der Waals surface area contributed by atoms with Crippen LogP contribution in [0.3, 0.4) is 0 Å². The summed E-state index contributed by atoms with van der Waals surface area (Å²) in [5.41, 5.74) is 2.94. The molecule has 0 N–H and O–H groups in total. The third-order valence-corrected chi connectivity index (χ3v) is 6.60. The topological polar surface area (TPSA) is 38.8 Å². The summed E-state index contributed by atoms with van der Waals surface area (Å²) < 4.78 is 12.0. The quantitative estimate of drug-likeness (QED) is 0.737. The minimum atomic E-state index is -0.204. The van der Waals surface area contributed by atoms with Crippen molar-refractivity contribution in [3.8, 4) is 5.75 Å². The molecule has 24 heavy (non-hydrogen) atoms. The number of piperidine rings is 3. The summed E-state index contributed by atoms with van der Waals surface area (Å²) in [6.45, 7) is 3.98. The zero-order valence-corrected chi connectivity index (χ0v) is 15.5. The highest BCUT2D eigenvalue weighted by Crippen LogP contribution is 2.42. The maximum atomic E-state index is 12.7. The fraction of sp³-hybridized carbons (Fsp3) is 0.526. The zero-order chi connectivity index (χ0) is 16.7. The molecule has 5 rings (SSSR count). The van der Waals surface area contributed by atoms with Gasteiger partial charge in [0.2, 0.25) is 0 Å². The average Bonchev–Trinajstić information content (AvgIpc) is 3.07. The number of hydrogen-bond acceptors (Lipinski definition) is 4. The van der Waals surface area contributed by atoms with Crippen molar-refractivity contribution >= 4 is 27.5 Å². The van der Waals surface area contributed by atoms with Crippen molar-refractivity contribution in [2.45, 2.75) is 25.7 Å². The minimum absolute atomic E-state index is 0.204. The largest absolute Gasteiger partial charge is 0.496 e. The van der Waals surface area contributed by atoms with Crippen molar-refractivity contribution < 1.29 is 14.3 Å². The molecule has 3 saturated heterocycles. The van der Waals surface area contributed by atoms with Crippen LogP contribution >= 0.6 is 15.9 Å². The number of methoxy groups -OCH3 is 1. The molecular formula is C19H22BrNO3. The molecule has 3 fully saturated rings. The summed E-state index contributed by atoms with van der Waals surface area (Å²) in [7, 11) is 1.64. The fourth-order valence-electron chi connectivity index (χ4n) is 4.12. The molecule has 3 aliphatic heterocycles. The fourth-order valence-corrected chi connectivity index (χ4v) is 4.89. The lowest BCUT2D eigenvalue weighted by atomic mass is 9.73. The van der Waals surface area contributed by atoms with Crippen molar-refractivity contribution in [3.05, 3.63) is 33.8 Å². The van der Waals surface area contributed by atoms with Crippen LogP contribution < -0.4 is 4.74 Å². The summed E-state index contributed by atoms with van der Waals surface area (Å²) in [6.07, 6.45) is 6.18. The van der Waals surface area contributed by atoms with Crippen molar-refractivity contribution in [2.75, 3.05) is 33.4 Å². The SMILES string of the molecule is COc1ccc2c(c1Br)C(C(=O)OCC13CCN(CC1)CC3)=CC2. The second kappa shape index (κ2) is 6.19. The van der Waals surface area contributed by atoms with Crippen LogP contribution in [0.15, 0.2) is 22.7 Å². The molecule has 4 nitrogen and oxygen atoms in total. The molecule has 0 atom stereocenters. The Labute approximate surface area is 150 Å². The maximum absolute atomic E-state index is 12.7. The number of halogens is 1. The number of carbonyl (C=O) groups is 1. The van der Waals surface area contributed by atoms with Crippen LogP contribution in [0.1, 0.15) is 30.4 Å². The predicted molar refractivity (Wildman–Crippen MR) is 96.1 cm³/mol. The Balaban J connectivity index is 1.49. The van der Waals surface area contributed by atoms with Crippen LogP contribution in [0, 0.1) is 5.41 Å². The van der Waals surface area contributed by atoms with Gasteiger partial charge in [0.05, 0.1) is 23.8 Å². The second-order valence-corrected chi connectivity index (χ2v) is 7.90. The van der Waals surface area contributed by atoms with Gasteiger partial charge in [-0.1, -0.05) is 12.1 Å². The molecule has 2 bridgehead atoms. The molecule has 3 heterocycles. The van der Waals surface area contributed by atoms with Gasteiger partial charge in [-0.3, -0.25) is 0 Å². The summed E-state index contributed by atoms with van der Waals surface area (Å²) in [6, 6.07) is 3.95. The van der Waals surface area contributed by atoms with Crippen molar-refractivity contribution in [3.63, 3.8) is 0 Å². The molecule has 1 aliphatic carbocycles. The maximum Gasteiger partial charge on any atom is 0.338 e. The molecule has 1 aromatic rings. The van der Waals surface area contributed by atoms with E-state index in [2.05, 4.69) is 20.8 Å². The number of allylic oxidation sites excluding steroid dienone is 1. The number of hydrogen-bond donors (Lipinski definition) is 0. The third kappa shape index (κ3) is 2.68. The van der Waals surface area contributed by atoms with E-state index in [0.29, 0.717) is 12.2 Å². The number of benzene rings is 1. The zero-order valence-electron chi connectivity index (χ0n) is 13.9. The molecule has 1 aromatic carbocycles. The van der Waals surface area contributed by atoms with Gasteiger partial charge in [-0.15, -0.1) is 0 Å². The van der Waals surface area contributed by atoms with E-state index < -0.39 is 0 Å². The van der Waals surface area contributed by atoms with E-state index in [1.807, 2.05) is 18.2 Å². The van der Waals surface area contributed by atoms with Crippen LogP contribution in [0.5, 0.6) is 5.75 Å². The number of rotatable bonds is 4. The molecule has 0 unspecified atom stereocenters. The summed E-state index contributed by atoms with van der Waals surface area (Å²) in [4.78, 5) is 15.2. The highest BCUT2D eigenvalue weighted by molar-refractivity contribution is 9.10. The summed E-state index contributed by atoms with van der Waals surface area (Å²) >= 11 is 3.58. The molecule has 4 aliphatic rings. The monoisotopic (exact) mass is 391 g/mol. The van der Waals surface area contributed by atoms with Gasteiger partial charge in [0.15, 0.2) is 0 Å². The smallest absolute Gasteiger partial charge is 0.338 e. The Bertz CT molecular complexity index is 691. The first-order valence-electron chi connectivity index (χ1n) is 8.57. The first-order valence-corrected chi connectivity index (χ1v) is 9.37. The number of carbonyl (C=O) groups excluding carboxylic acids is 1. The Morgan fingerprint density at radius 1 is 1.25 bits per heavy atom. The number of nitrogens with zero attached hydrogens (tertiary/aromatic N) is 1. The highest BCUT2D eigenvalue weighted by Gasteiger charge is 2.40. The molecule has 0 amide bonds. The Hall–Kier alpha value is -1.33. The van der Waals surface area contributed by atoms with Crippen LogP contribution in [0.4, 0.5) is 0 Å². The lowest BCUT2D eigenvalue weighted by molar-refractivity contribution is -0.143. The van der Waals surface area contributed by atoms with Gasteiger partial charge >= 0.3 is 5.97 Å². The minimum Gasteiger partial charge on any atom is -0.496 e. The van der Waals surface area contributed by atoms with E-state index in [4.69, 9.17) is 9.47 Å². The van der Waals surface area contributed by atoms with E-state index in [0.717, 1.165) is 66.7 Å². The molecule has 0 saturated carbocycles. The molecule has 128 valence electrons. The third-order valence-electron chi connectivity index (χ3n) is 5.81. The molecule has 5 heteroatoms. The highest BCUT2D eigenvalue weighted by atomic mass is 79.9. The Kier molecular flexibility index (Phi) is 4.17. The number of fused-ring (bicyclic) bond motifs is 4. The van der Waals surface area contributed by atoms with Crippen LogP contribution in [-0.4, -0.2) is 44.2 Å². The molecule has 0 spiro atoms. The van der Waals surface area contributed by atoms with Crippen molar-refractivity contribution in [1.82, 2.24) is 4.90 Å². The van der Waals surface area contributed by atoms with Gasteiger partial charge < -0.3 is 14.4 Å². The lowest BCUT2D eigenvalue weighted by Gasteiger charge is -2.47. The number of ether oxygens (including phenoxy) is 2. The van der Waals surface area contributed by atoms with Gasteiger partial charge in [0, 0.05) is 11.0 Å². The average molecular weight is 392 g/mol. The second-order valence-electron chi connectivity index (χ2n) is 7.11. The molecule has 0 radical (unpaired) electrons. The Morgan fingerprint density at radius 2 is 1.96 bits per heavy atom. The first-order chi connectivity index (χ1) is 11.6. The van der Waals surface area contributed by atoms with Crippen LogP contribution in [-0.2, 0) is 16.0 Å².